The monoisotopic (exact) mass is 526 g/mol. The van der Waals surface area contributed by atoms with Crippen LogP contribution < -0.4 is 15.0 Å². The standard InChI is InChI=1S/C28H36F2N6O2/c1-16(2)35-9-11-36(12-10-35)24-13-23-26(31-18(4)22-8-6-7-21(17(3)29)25(22)30)32-19(5)33-27(23)34-28(24)38-20-14-37-15-20/h6-8,13,16-18,20H,9-12,14-15H2,1-5H3,(H,31,32,33,34)/t17?,18-/m1/s1. The van der Waals surface area contributed by atoms with Crippen LogP contribution in [0.15, 0.2) is 24.3 Å². The molecule has 0 radical (unpaired) electrons. The zero-order valence-corrected chi connectivity index (χ0v) is 22.7. The Labute approximate surface area is 222 Å². The Morgan fingerprint density at radius 3 is 2.37 bits per heavy atom. The molecule has 2 atom stereocenters. The summed E-state index contributed by atoms with van der Waals surface area (Å²) in [5.41, 5.74) is 1.81. The van der Waals surface area contributed by atoms with Gasteiger partial charge in [-0.15, -0.1) is 0 Å². The van der Waals surface area contributed by atoms with Crippen molar-refractivity contribution >= 4 is 22.5 Å². The zero-order chi connectivity index (χ0) is 27.0. The summed E-state index contributed by atoms with van der Waals surface area (Å²) in [5.74, 6) is 1.07. The van der Waals surface area contributed by atoms with Crippen molar-refractivity contribution in [2.24, 2.45) is 0 Å². The maximum atomic E-state index is 15.1. The Morgan fingerprint density at radius 2 is 1.74 bits per heavy atom. The third kappa shape index (κ3) is 5.37. The van der Waals surface area contributed by atoms with Crippen LogP contribution in [0.3, 0.4) is 0 Å². The average Bonchev–Trinajstić information content (AvgIpc) is 2.85. The number of piperazine rings is 1. The van der Waals surface area contributed by atoms with Gasteiger partial charge in [-0.25, -0.2) is 18.7 Å². The number of fused-ring (bicyclic) bond motifs is 1. The van der Waals surface area contributed by atoms with Crippen LogP contribution in [0.5, 0.6) is 5.88 Å². The van der Waals surface area contributed by atoms with Crippen LogP contribution in [-0.4, -0.2) is 71.4 Å². The van der Waals surface area contributed by atoms with Gasteiger partial charge in [0.05, 0.1) is 24.6 Å². The number of alkyl halides is 1. The highest BCUT2D eigenvalue weighted by molar-refractivity contribution is 5.90. The molecular weight excluding hydrogens is 490 g/mol. The number of pyridine rings is 1. The molecule has 8 nitrogen and oxygen atoms in total. The zero-order valence-electron chi connectivity index (χ0n) is 22.7. The van der Waals surface area contributed by atoms with Crippen molar-refractivity contribution in [3.05, 3.63) is 47.0 Å². The highest BCUT2D eigenvalue weighted by atomic mass is 19.1. The molecule has 0 saturated carbocycles. The van der Waals surface area contributed by atoms with Gasteiger partial charge in [0.15, 0.2) is 5.65 Å². The van der Waals surface area contributed by atoms with Crippen LogP contribution in [0.4, 0.5) is 20.3 Å². The SMILES string of the molecule is Cc1nc(N[C@H](C)c2cccc(C(C)F)c2F)c2cc(N3CCN(C(C)C)CC3)c(OC3COC3)nc2n1. The molecule has 2 fully saturated rings. The molecule has 204 valence electrons. The normalized spacial score (nSPS) is 18.5. The van der Waals surface area contributed by atoms with Gasteiger partial charge in [0.1, 0.15) is 35.4 Å². The summed E-state index contributed by atoms with van der Waals surface area (Å²) in [6.45, 7) is 14.0. The van der Waals surface area contributed by atoms with Gasteiger partial charge >= 0.3 is 0 Å². The first kappa shape index (κ1) is 26.5. The van der Waals surface area contributed by atoms with E-state index in [1.54, 1.807) is 19.1 Å². The van der Waals surface area contributed by atoms with Crippen molar-refractivity contribution in [3.63, 3.8) is 0 Å². The highest BCUT2D eigenvalue weighted by Crippen LogP contribution is 2.36. The molecule has 2 aliphatic rings. The van der Waals surface area contributed by atoms with Crippen LogP contribution in [0.2, 0.25) is 0 Å². The quantitative estimate of drug-likeness (QED) is 0.440. The van der Waals surface area contributed by atoms with E-state index in [0.717, 1.165) is 37.3 Å². The molecule has 38 heavy (non-hydrogen) atoms. The molecule has 0 bridgehead atoms. The van der Waals surface area contributed by atoms with E-state index < -0.39 is 18.0 Å². The van der Waals surface area contributed by atoms with Crippen molar-refractivity contribution in [1.82, 2.24) is 19.9 Å². The molecule has 5 rings (SSSR count). The molecule has 4 heterocycles. The number of anilines is 2. The van der Waals surface area contributed by atoms with E-state index in [2.05, 4.69) is 38.9 Å². The maximum Gasteiger partial charge on any atom is 0.240 e. The molecule has 2 saturated heterocycles. The third-order valence-corrected chi connectivity index (χ3v) is 7.32. The average molecular weight is 527 g/mol. The summed E-state index contributed by atoms with van der Waals surface area (Å²) in [5, 5.41) is 4.06. The van der Waals surface area contributed by atoms with Crippen molar-refractivity contribution in [1.29, 1.82) is 0 Å². The number of ether oxygens (including phenoxy) is 2. The smallest absolute Gasteiger partial charge is 0.240 e. The molecule has 1 aromatic carbocycles. The van der Waals surface area contributed by atoms with Crippen molar-refractivity contribution in [2.45, 2.75) is 59.0 Å². The van der Waals surface area contributed by atoms with Crippen LogP contribution in [0.1, 0.15) is 56.9 Å². The lowest BCUT2D eigenvalue weighted by molar-refractivity contribution is -0.0810. The summed E-state index contributed by atoms with van der Waals surface area (Å²) in [6, 6.07) is 6.86. The molecule has 3 aromatic rings. The minimum absolute atomic E-state index is 0.0376. The summed E-state index contributed by atoms with van der Waals surface area (Å²) < 4.78 is 40.6. The molecular formula is C28H36F2N6O2. The molecule has 0 aliphatic carbocycles. The van der Waals surface area contributed by atoms with Gasteiger partial charge in [-0.2, -0.15) is 4.98 Å². The van der Waals surface area contributed by atoms with E-state index in [0.29, 0.717) is 48.0 Å². The number of hydrogen-bond donors (Lipinski definition) is 1. The molecule has 10 heteroatoms. The fourth-order valence-corrected chi connectivity index (χ4v) is 4.97. The number of aryl methyl sites for hydroxylation is 1. The van der Waals surface area contributed by atoms with Crippen molar-refractivity contribution < 1.29 is 18.3 Å². The highest BCUT2D eigenvalue weighted by Gasteiger charge is 2.28. The molecule has 0 amide bonds. The summed E-state index contributed by atoms with van der Waals surface area (Å²) in [4.78, 5) is 18.8. The Balaban J connectivity index is 1.52. The Hall–Kier alpha value is -3.11. The van der Waals surface area contributed by atoms with Crippen molar-refractivity contribution in [3.8, 4) is 5.88 Å². The van der Waals surface area contributed by atoms with Crippen LogP contribution >= 0.6 is 0 Å². The lowest BCUT2D eigenvalue weighted by atomic mass is 10.0. The molecule has 0 spiro atoms. The molecule has 2 aliphatic heterocycles. The first-order valence-electron chi connectivity index (χ1n) is 13.3. The number of hydrogen-bond acceptors (Lipinski definition) is 8. The predicted octanol–water partition coefficient (Wildman–Crippen LogP) is 4.98. The van der Waals surface area contributed by atoms with Gasteiger partial charge in [-0.3, -0.25) is 4.90 Å². The topological polar surface area (TPSA) is 75.6 Å². The number of nitrogens with one attached hydrogen (secondary N) is 1. The van der Waals surface area contributed by atoms with Crippen LogP contribution in [-0.2, 0) is 4.74 Å². The predicted molar refractivity (Wildman–Crippen MR) is 144 cm³/mol. The van der Waals surface area contributed by atoms with Crippen LogP contribution in [0.25, 0.3) is 11.0 Å². The first-order chi connectivity index (χ1) is 18.2. The largest absolute Gasteiger partial charge is 0.468 e. The second kappa shape index (κ2) is 10.9. The van der Waals surface area contributed by atoms with Gasteiger partial charge in [-0.05, 0) is 40.7 Å². The lowest BCUT2D eigenvalue weighted by Crippen LogP contribution is -2.49. The fraction of sp³-hybridized carbons (Fsp3) is 0.536. The third-order valence-electron chi connectivity index (χ3n) is 7.32. The van der Waals surface area contributed by atoms with Crippen molar-refractivity contribution in [2.75, 3.05) is 49.6 Å². The number of rotatable bonds is 8. The number of halogens is 2. The number of nitrogens with zero attached hydrogens (tertiary/aromatic N) is 5. The van der Waals surface area contributed by atoms with Gasteiger partial charge in [0, 0.05) is 43.3 Å². The van der Waals surface area contributed by atoms with E-state index >= 15 is 4.39 Å². The molecule has 1 N–H and O–H groups in total. The summed E-state index contributed by atoms with van der Waals surface area (Å²) in [7, 11) is 0. The summed E-state index contributed by atoms with van der Waals surface area (Å²) >= 11 is 0. The first-order valence-corrected chi connectivity index (χ1v) is 13.3. The second-order valence-electron chi connectivity index (χ2n) is 10.4. The minimum Gasteiger partial charge on any atom is -0.468 e. The maximum absolute atomic E-state index is 15.1. The Morgan fingerprint density at radius 1 is 1.03 bits per heavy atom. The Kier molecular flexibility index (Phi) is 7.63. The number of benzene rings is 1. The second-order valence-corrected chi connectivity index (χ2v) is 10.4. The lowest BCUT2D eigenvalue weighted by Gasteiger charge is -2.39. The minimum atomic E-state index is -1.40. The van der Waals surface area contributed by atoms with E-state index in [1.807, 2.05) is 13.0 Å². The van der Waals surface area contributed by atoms with Gasteiger partial charge in [-0.1, -0.05) is 18.2 Å². The summed E-state index contributed by atoms with van der Waals surface area (Å²) in [6.07, 6.45) is -1.43. The fourth-order valence-electron chi connectivity index (χ4n) is 4.97. The number of aromatic nitrogens is 3. The Bertz CT molecular complexity index is 1290. The van der Waals surface area contributed by atoms with E-state index in [4.69, 9.17) is 14.5 Å². The molecule has 1 unspecified atom stereocenters. The van der Waals surface area contributed by atoms with Gasteiger partial charge < -0.3 is 19.7 Å². The van der Waals surface area contributed by atoms with E-state index in [-0.39, 0.29) is 11.7 Å². The van der Waals surface area contributed by atoms with Crippen LogP contribution in [0, 0.1) is 12.7 Å². The van der Waals surface area contributed by atoms with E-state index in [9.17, 15) is 4.39 Å². The van der Waals surface area contributed by atoms with Gasteiger partial charge in [0.2, 0.25) is 5.88 Å². The molecule has 2 aromatic heterocycles. The van der Waals surface area contributed by atoms with E-state index in [1.165, 1.54) is 13.0 Å². The van der Waals surface area contributed by atoms with Gasteiger partial charge in [0.25, 0.3) is 0 Å².